The third-order valence-electron chi connectivity index (χ3n) is 2.53. The number of hydrogen-bond donors (Lipinski definition) is 1. The van der Waals surface area contributed by atoms with Gasteiger partial charge in [-0.05, 0) is 24.3 Å². The van der Waals surface area contributed by atoms with E-state index < -0.39 is 25.5 Å². The Kier molecular flexibility index (Phi) is 4.36. The van der Waals surface area contributed by atoms with Crippen LogP contribution in [-0.2, 0) is 10.0 Å². The monoisotopic (exact) mass is 346 g/mol. The first-order valence-corrected chi connectivity index (χ1v) is 7.76. The standard InChI is InChI=1S/C12H8Cl2N2O4S/c13-8-5-6-12(11(7-8)16(17)18)21(19,20)15-10-4-2-1-3-9(10)14/h1-7,15H. The summed E-state index contributed by atoms with van der Waals surface area (Å²) in [6.07, 6.45) is 0. The first kappa shape index (κ1) is 15.6. The molecule has 2 aromatic carbocycles. The highest BCUT2D eigenvalue weighted by Gasteiger charge is 2.26. The van der Waals surface area contributed by atoms with Gasteiger partial charge in [-0.3, -0.25) is 14.8 Å². The fourth-order valence-corrected chi connectivity index (χ4v) is 3.24. The molecular formula is C12H8Cl2N2O4S. The van der Waals surface area contributed by atoms with Gasteiger partial charge in [0.05, 0.1) is 15.6 Å². The lowest BCUT2D eigenvalue weighted by Crippen LogP contribution is -2.15. The first-order chi connectivity index (χ1) is 9.81. The van der Waals surface area contributed by atoms with Gasteiger partial charge in [-0.1, -0.05) is 35.3 Å². The molecule has 6 nitrogen and oxygen atoms in total. The van der Waals surface area contributed by atoms with Gasteiger partial charge in [-0.25, -0.2) is 8.42 Å². The van der Waals surface area contributed by atoms with Crippen LogP contribution in [0.25, 0.3) is 0 Å². The SMILES string of the molecule is O=[N+]([O-])c1cc(Cl)ccc1S(=O)(=O)Nc1ccccc1Cl. The van der Waals surface area contributed by atoms with Crippen LogP contribution in [0, 0.1) is 10.1 Å². The van der Waals surface area contributed by atoms with E-state index in [1.807, 2.05) is 0 Å². The summed E-state index contributed by atoms with van der Waals surface area (Å²) in [6, 6.07) is 9.46. The number of halogens is 2. The quantitative estimate of drug-likeness (QED) is 0.674. The fraction of sp³-hybridized carbons (Fsp3) is 0. The third kappa shape index (κ3) is 3.44. The summed E-state index contributed by atoms with van der Waals surface area (Å²) in [6.45, 7) is 0. The van der Waals surface area contributed by atoms with Crippen LogP contribution in [-0.4, -0.2) is 13.3 Å². The molecule has 0 amide bonds. The van der Waals surface area contributed by atoms with Crippen LogP contribution >= 0.6 is 23.2 Å². The van der Waals surface area contributed by atoms with Crippen molar-refractivity contribution in [1.82, 2.24) is 0 Å². The van der Waals surface area contributed by atoms with Crippen LogP contribution in [0.15, 0.2) is 47.4 Å². The average molecular weight is 347 g/mol. The van der Waals surface area contributed by atoms with E-state index in [2.05, 4.69) is 4.72 Å². The van der Waals surface area contributed by atoms with Gasteiger partial charge in [-0.2, -0.15) is 0 Å². The Morgan fingerprint density at radius 1 is 1.10 bits per heavy atom. The van der Waals surface area contributed by atoms with Gasteiger partial charge < -0.3 is 0 Å². The molecule has 0 atom stereocenters. The molecule has 0 unspecified atom stereocenters. The summed E-state index contributed by atoms with van der Waals surface area (Å²) in [5, 5.41) is 11.2. The zero-order chi connectivity index (χ0) is 15.6. The normalized spacial score (nSPS) is 11.1. The summed E-state index contributed by atoms with van der Waals surface area (Å²) >= 11 is 11.5. The van der Waals surface area contributed by atoms with Crippen molar-refractivity contribution in [2.75, 3.05) is 4.72 Å². The number of nitrogens with zero attached hydrogens (tertiary/aromatic N) is 1. The second kappa shape index (κ2) is 5.88. The van der Waals surface area contributed by atoms with Crippen LogP contribution in [0.5, 0.6) is 0 Å². The van der Waals surface area contributed by atoms with Crippen LogP contribution < -0.4 is 4.72 Å². The largest absolute Gasteiger partial charge is 0.291 e. The van der Waals surface area contributed by atoms with E-state index >= 15 is 0 Å². The molecule has 0 aromatic heterocycles. The molecule has 0 saturated carbocycles. The minimum Gasteiger partial charge on any atom is -0.278 e. The van der Waals surface area contributed by atoms with Gasteiger partial charge in [0.25, 0.3) is 15.7 Å². The number of benzene rings is 2. The topological polar surface area (TPSA) is 89.3 Å². The van der Waals surface area contributed by atoms with Gasteiger partial charge in [-0.15, -0.1) is 0 Å². The smallest absolute Gasteiger partial charge is 0.278 e. The summed E-state index contributed by atoms with van der Waals surface area (Å²) in [5.74, 6) is 0. The van der Waals surface area contributed by atoms with Gasteiger partial charge in [0.2, 0.25) is 0 Å². The molecule has 0 spiro atoms. The molecule has 0 bridgehead atoms. The molecular weight excluding hydrogens is 339 g/mol. The van der Waals surface area contributed by atoms with Gasteiger partial charge in [0.1, 0.15) is 0 Å². The molecule has 0 aliphatic carbocycles. The lowest BCUT2D eigenvalue weighted by Gasteiger charge is -2.09. The molecule has 21 heavy (non-hydrogen) atoms. The predicted octanol–water partition coefficient (Wildman–Crippen LogP) is 3.70. The van der Waals surface area contributed by atoms with Gasteiger partial charge >= 0.3 is 0 Å². The lowest BCUT2D eigenvalue weighted by atomic mass is 10.3. The van der Waals surface area contributed by atoms with Crippen molar-refractivity contribution in [1.29, 1.82) is 0 Å². The minimum absolute atomic E-state index is 0.0680. The minimum atomic E-state index is -4.16. The number of hydrogen-bond acceptors (Lipinski definition) is 4. The van der Waals surface area contributed by atoms with Crippen molar-refractivity contribution in [3.05, 3.63) is 62.6 Å². The number of nitrogens with one attached hydrogen (secondary N) is 1. The fourth-order valence-electron chi connectivity index (χ4n) is 1.60. The van der Waals surface area contributed by atoms with Crippen molar-refractivity contribution in [2.45, 2.75) is 4.90 Å². The van der Waals surface area contributed by atoms with E-state index in [-0.39, 0.29) is 15.7 Å². The summed E-state index contributed by atoms with van der Waals surface area (Å²) in [4.78, 5) is 9.67. The van der Waals surface area contributed by atoms with Crippen LogP contribution in [0.4, 0.5) is 11.4 Å². The number of rotatable bonds is 4. The molecule has 0 aliphatic rings. The Hall–Kier alpha value is -1.83. The maximum atomic E-state index is 12.3. The van der Waals surface area contributed by atoms with Crippen molar-refractivity contribution in [3.63, 3.8) is 0 Å². The predicted molar refractivity (Wildman–Crippen MR) is 80.4 cm³/mol. The summed E-state index contributed by atoms with van der Waals surface area (Å²) in [5.41, 5.74) is -0.481. The van der Waals surface area contributed by atoms with E-state index in [4.69, 9.17) is 23.2 Å². The molecule has 0 aliphatic heterocycles. The summed E-state index contributed by atoms with van der Waals surface area (Å²) in [7, 11) is -4.16. The van der Waals surface area contributed by atoms with Gasteiger partial charge in [0, 0.05) is 11.1 Å². The number of anilines is 1. The van der Waals surface area contributed by atoms with Crippen LogP contribution in [0.3, 0.4) is 0 Å². The Morgan fingerprint density at radius 3 is 2.38 bits per heavy atom. The molecule has 0 radical (unpaired) electrons. The average Bonchev–Trinajstić information content (AvgIpc) is 2.40. The third-order valence-corrected chi connectivity index (χ3v) is 4.50. The zero-order valence-electron chi connectivity index (χ0n) is 10.3. The van der Waals surface area contributed by atoms with Gasteiger partial charge in [0.15, 0.2) is 4.90 Å². The van der Waals surface area contributed by atoms with Crippen molar-refractivity contribution in [3.8, 4) is 0 Å². The molecule has 0 heterocycles. The second-order valence-electron chi connectivity index (χ2n) is 3.95. The lowest BCUT2D eigenvalue weighted by molar-refractivity contribution is -0.387. The molecule has 9 heteroatoms. The Labute approximate surface area is 130 Å². The van der Waals surface area contributed by atoms with E-state index in [1.165, 1.54) is 18.2 Å². The van der Waals surface area contributed by atoms with Crippen LogP contribution in [0.1, 0.15) is 0 Å². The molecule has 110 valence electrons. The zero-order valence-corrected chi connectivity index (χ0v) is 12.6. The maximum absolute atomic E-state index is 12.3. The molecule has 2 rings (SSSR count). The highest BCUT2D eigenvalue weighted by atomic mass is 35.5. The second-order valence-corrected chi connectivity index (χ2v) is 6.45. The van der Waals surface area contributed by atoms with E-state index in [9.17, 15) is 18.5 Å². The molecule has 0 fully saturated rings. The highest BCUT2D eigenvalue weighted by molar-refractivity contribution is 7.92. The molecule has 0 saturated heterocycles. The Bertz CT molecular complexity index is 809. The number of sulfonamides is 1. The molecule has 1 N–H and O–H groups in total. The Balaban J connectivity index is 2.50. The van der Waals surface area contributed by atoms with E-state index in [0.29, 0.717) is 0 Å². The van der Waals surface area contributed by atoms with Crippen LogP contribution in [0.2, 0.25) is 10.0 Å². The Morgan fingerprint density at radius 2 is 1.76 bits per heavy atom. The van der Waals surface area contributed by atoms with Crippen molar-refractivity contribution < 1.29 is 13.3 Å². The first-order valence-electron chi connectivity index (χ1n) is 5.52. The van der Waals surface area contributed by atoms with Crippen molar-refractivity contribution >= 4 is 44.6 Å². The van der Waals surface area contributed by atoms with Crippen molar-refractivity contribution in [2.24, 2.45) is 0 Å². The maximum Gasteiger partial charge on any atom is 0.291 e. The highest BCUT2D eigenvalue weighted by Crippen LogP contribution is 2.30. The molecule has 2 aromatic rings. The summed E-state index contributed by atoms with van der Waals surface area (Å²) < 4.78 is 26.8. The number of nitro benzene ring substituents is 1. The number of nitro groups is 1. The number of para-hydroxylation sites is 1. The van der Waals surface area contributed by atoms with E-state index in [1.54, 1.807) is 12.1 Å². The van der Waals surface area contributed by atoms with E-state index in [0.717, 1.165) is 12.1 Å².